The normalized spacial score (nSPS) is 12.5. The highest BCUT2D eigenvalue weighted by atomic mass is 16.3. The second-order valence-corrected chi connectivity index (χ2v) is 4.82. The maximum absolute atomic E-state index is 10.2. The minimum absolute atomic E-state index is 0.328. The molecule has 0 heterocycles. The Labute approximate surface area is 105 Å². The molecule has 0 saturated heterocycles. The number of aliphatic hydroxyl groups is 1. The molecule has 17 heavy (non-hydrogen) atoms. The maximum atomic E-state index is 10.2. The van der Waals surface area contributed by atoms with Crippen molar-refractivity contribution >= 4 is 5.69 Å². The number of nitrogens with zero attached hydrogens (tertiary/aromatic N) is 1. The summed E-state index contributed by atoms with van der Waals surface area (Å²) in [4.78, 5) is 2.06. The molecule has 0 spiro atoms. The van der Waals surface area contributed by atoms with E-state index < -0.39 is 0 Å². The van der Waals surface area contributed by atoms with Gasteiger partial charge in [0.25, 0.3) is 0 Å². The van der Waals surface area contributed by atoms with Crippen LogP contribution in [-0.4, -0.2) is 19.2 Å². The zero-order valence-corrected chi connectivity index (χ0v) is 11.3. The molecule has 1 rings (SSSR count). The van der Waals surface area contributed by atoms with Crippen LogP contribution in [0.5, 0.6) is 0 Å². The largest absolute Gasteiger partial charge is 0.388 e. The third-order valence-corrected chi connectivity index (χ3v) is 3.11. The van der Waals surface area contributed by atoms with Gasteiger partial charge in [0.2, 0.25) is 0 Å². The van der Waals surface area contributed by atoms with Gasteiger partial charge in [0.15, 0.2) is 0 Å². The SMILES string of the molecule is CCCCCCC(O)c1ccccc1N(C)C. The minimum Gasteiger partial charge on any atom is -0.388 e. The van der Waals surface area contributed by atoms with E-state index in [9.17, 15) is 5.11 Å². The van der Waals surface area contributed by atoms with E-state index in [0.29, 0.717) is 0 Å². The van der Waals surface area contributed by atoms with Crippen LogP contribution < -0.4 is 4.90 Å². The van der Waals surface area contributed by atoms with Gasteiger partial charge in [-0.25, -0.2) is 0 Å². The van der Waals surface area contributed by atoms with Crippen molar-refractivity contribution in [3.05, 3.63) is 29.8 Å². The summed E-state index contributed by atoms with van der Waals surface area (Å²) in [5.74, 6) is 0. The summed E-state index contributed by atoms with van der Waals surface area (Å²) in [6.45, 7) is 2.21. The minimum atomic E-state index is -0.328. The van der Waals surface area contributed by atoms with Crippen LogP contribution in [0.1, 0.15) is 50.7 Å². The van der Waals surface area contributed by atoms with Gasteiger partial charge in [-0.1, -0.05) is 50.8 Å². The van der Waals surface area contributed by atoms with Gasteiger partial charge in [0, 0.05) is 25.3 Å². The van der Waals surface area contributed by atoms with Crippen LogP contribution in [0.15, 0.2) is 24.3 Å². The molecule has 2 heteroatoms. The van der Waals surface area contributed by atoms with Crippen LogP contribution >= 0.6 is 0 Å². The first-order valence-electron chi connectivity index (χ1n) is 6.61. The van der Waals surface area contributed by atoms with Gasteiger partial charge in [-0.2, -0.15) is 0 Å². The van der Waals surface area contributed by atoms with Gasteiger partial charge in [-0.05, 0) is 12.5 Å². The van der Waals surface area contributed by atoms with E-state index in [-0.39, 0.29) is 6.10 Å². The molecule has 1 aromatic rings. The maximum Gasteiger partial charge on any atom is 0.0810 e. The molecule has 0 radical (unpaired) electrons. The number of hydrogen-bond donors (Lipinski definition) is 1. The Morgan fingerprint density at radius 1 is 1.12 bits per heavy atom. The fourth-order valence-electron chi connectivity index (χ4n) is 2.10. The molecule has 1 atom stereocenters. The standard InChI is InChI=1S/C15H25NO/c1-4-5-6-7-12-15(17)13-10-8-9-11-14(13)16(2)3/h8-11,15,17H,4-7,12H2,1-3H3. The quantitative estimate of drug-likeness (QED) is 0.727. The van der Waals surface area contributed by atoms with Crippen molar-refractivity contribution < 1.29 is 5.11 Å². The predicted molar refractivity (Wildman–Crippen MR) is 74.5 cm³/mol. The van der Waals surface area contributed by atoms with E-state index in [2.05, 4.69) is 17.9 Å². The molecule has 0 amide bonds. The average molecular weight is 235 g/mol. The summed E-state index contributed by atoms with van der Waals surface area (Å²) in [6.07, 6.45) is 5.37. The van der Waals surface area contributed by atoms with Crippen LogP contribution in [0.3, 0.4) is 0 Å². The smallest absolute Gasteiger partial charge is 0.0810 e. The van der Waals surface area contributed by atoms with Gasteiger partial charge < -0.3 is 10.0 Å². The van der Waals surface area contributed by atoms with Gasteiger partial charge in [0.05, 0.1) is 6.10 Å². The number of aliphatic hydroxyl groups excluding tert-OH is 1. The number of rotatable bonds is 7. The lowest BCUT2D eigenvalue weighted by molar-refractivity contribution is 0.164. The van der Waals surface area contributed by atoms with Crippen LogP contribution in [-0.2, 0) is 0 Å². The number of anilines is 1. The van der Waals surface area contributed by atoms with Crippen molar-refractivity contribution in [3.8, 4) is 0 Å². The third kappa shape index (κ3) is 4.39. The van der Waals surface area contributed by atoms with Crippen molar-refractivity contribution in [3.63, 3.8) is 0 Å². The van der Waals surface area contributed by atoms with E-state index in [1.807, 2.05) is 32.3 Å². The molecule has 1 aromatic carbocycles. The van der Waals surface area contributed by atoms with Crippen LogP contribution in [0, 0.1) is 0 Å². The van der Waals surface area contributed by atoms with Gasteiger partial charge in [0.1, 0.15) is 0 Å². The monoisotopic (exact) mass is 235 g/mol. The molecule has 0 aliphatic heterocycles. The zero-order chi connectivity index (χ0) is 12.7. The lowest BCUT2D eigenvalue weighted by Crippen LogP contribution is -2.13. The van der Waals surface area contributed by atoms with Gasteiger partial charge in [-0.3, -0.25) is 0 Å². The summed E-state index contributed by atoms with van der Waals surface area (Å²) >= 11 is 0. The fraction of sp³-hybridized carbons (Fsp3) is 0.600. The number of benzene rings is 1. The Morgan fingerprint density at radius 2 is 1.82 bits per heavy atom. The molecular weight excluding hydrogens is 210 g/mol. The first-order valence-corrected chi connectivity index (χ1v) is 6.61. The predicted octanol–water partition coefficient (Wildman–Crippen LogP) is 3.76. The molecule has 0 bridgehead atoms. The summed E-state index contributed by atoms with van der Waals surface area (Å²) in [5, 5.41) is 10.2. The Kier molecular flexibility index (Phi) is 6.06. The second-order valence-electron chi connectivity index (χ2n) is 4.82. The molecule has 0 saturated carbocycles. The van der Waals surface area contributed by atoms with Gasteiger partial charge >= 0.3 is 0 Å². The first kappa shape index (κ1) is 14.0. The summed E-state index contributed by atoms with van der Waals surface area (Å²) < 4.78 is 0. The van der Waals surface area contributed by atoms with Crippen LogP contribution in [0.25, 0.3) is 0 Å². The van der Waals surface area contributed by atoms with Crippen molar-refractivity contribution in [1.82, 2.24) is 0 Å². The third-order valence-electron chi connectivity index (χ3n) is 3.11. The van der Waals surface area contributed by atoms with E-state index in [1.54, 1.807) is 0 Å². The lowest BCUT2D eigenvalue weighted by atomic mass is 10.0. The molecule has 0 aromatic heterocycles. The molecule has 2 nitrogen and oxygen atoms in total. The highest BCUT2D eigenvalue weighted by molar-refractivity contribution is 5.53. The van der Waals surface area contributed by atoms with E-state index in [4.69, 9.17) is 0 Å². The molecule has 96 valence electrons. The molecule has 0 aliphatic rings. The topological polar surface area (TPSA) is 23.5 Å². The summed E-state index contributed by atoms with van der Waals surface area (Å²) in [6, 6.07) is 8.10. The Hall–Kier alpha value is -1.02. The zero-order valence-electron chi connectivity index (χ0n) is 11.3. The average Bonchev–Trinajstić information content (AvgIpc) is 2.34. The molecule has 1 N–H and O–H groups in total. The van der Waals surface area contributed by atoms with E-state index in [0.717, 1.165) is 24.1 Å². The Bertz CT molecular complexity index is 322. The van der Waals surface area contributed by atoms with Crippen molar-refractivity contribution in [2.24, 2.45) is 0 Å². The van der Waals surface area contributed by atoms with E-state index >= 15 is 0 Å². The number of unbranched alkanes of at least 4 members (excludes halogenated alkanes) is 3. The van der Waals surface area contributed by atoms with E-state index in [1.165, 1.54) is 19.3 Å². The summed E-state index contributed by atoms with van der Waals surface area (Å²) in [7, 11) is 4.03. The molecule has 0 fully saturated rings. The number of hydrogen-bond acceptors (Lipinski definition) is 2. The van der Waals surface area contributed by atoms with Crippen molar-refractivity contribution in [1.29, 1.82) is 0 Å². The summed E-state index contributed by atoms with van der Waals surface area (Å²) in [5.41, 5.74) is 2.17. The fourth-order valence-corrected chi connectivity index (χ4v) is 2.10. The van der Waals surface area contributed by atoms with Crippen LogP contribution in [0.2, 0.25) is 0 Å². The molecule has 0 aliphatic carbocycles. The highest BCUT2D eigenvalue weighted by Crippen LogP contribution is 2.28. The van der Waals surface area contributed by atoms with Crippen molar-refractivity contribution in [2.75, 3.05) is 19.0 Å². The lowest BCUT2D eigenvalue weighted by Gasteiger charge is -2.20. The number of para-hydroxylation sites is 1. The highest BCUT2D eigenvalue weighted by Gasteiger charge is 2.12. The van der Waals surface area contributed by atoms with Crippen molar-refractivity contribution in [2.45, 2.75) is 45.1 Å². The Morgan fingerprint density at radius 3 is 2.47 bits per heavy atom. The van der Waals surface area contributed by atoms with Gasteiger partial charge in [-0.15, -0.1) is 0 Å². The molecule has 1 unspecified atom stereocenters. The Balaban J connectivity index is 2.58. The first-order chi connectivity index (χ1) is 8.16. The van der Waals surface area contributed by atoms with Crippen LogP contribution in [0.4, 0.5) is 5.69 Å². The molecular formula is C15H25NO. The second kappa shape index (κ2) is 7.33.